The number of nitrogens with one attached hydrogen (secondary N) is 1. The van der Waals surface area contributed by atoms with Crippen molar-refractivity contribution in [1.82, 2.24) is 5.32 Å². The molecule has 0 radical (unpaired) electrons. The minimum absolute atomic E-state index is 0.0220. The van der Waals surface area contributed by atoms with Crippen LogP contribution in [-0.2, 0) is 27.9 Å². The number of likely N-dealkylation sites (N-methyl/N-ethyl adjacent to an activating group) is 1. The van der Waals surface area contributed by atoms with Crippen LogP contribution in [0.5, 0.6) is 0 Å². The number of phosphoric ester groups is 1. The van der Waals surface area contributed by atoms with Crippen LogP contribution in [0.2, 0.25) is 0 Å². The molecule has 10 heteroatoms. The predicted octanol–water partition coefficient (Wildman–Crippen LogP) is 17.7. The van der Waals surface area contributed by atoms with Gasteiger partial charge >= 0.3 is 5.97 Å². The van der Waals surface area contributed by atoms with Crippen molar-refractivity contribution in [3.63, 3.8) is 0 Å². The SMILES string of the molecule is CCCCCC/C=C\CCCCCCCCCC(=O)NC(COP(=O)([O-])OCC[N+](C)(C)C)C(/C=C/CCCCCCCCCCC)OC(=O)CCCCCCCCCCC/C=C/CCCCCCCC. The molecule has 0 aromatic carbocycles. The molecule has 71 heavy (non-hydrogen) atoms. The van der Waals surface area contributed by atoms with E-state index < -0.39 is 20.0 Å². The zero-order valence-electron chi connectivity index (χ0n) is 47.7. The molecule has 0 aromatic heterocycles. The van der Waals surface area contributed by atoms with Crippen LogP contribution in [0.3, 0.4) is 0 Å². The van der Waals surface area contributed by atoms with E-state index in [0.717, 1.165) is 70.6 Å². The number of unbranched alkanes of at least 4 members (excludes halogenated alkanes) is 35. The van der Waals surface area contributed by atoms with E-state index in [2.05, 4.69) is 50.4 Å². The van der Waals surface area contributed by atoms with E-state index in [-0.39, 0.29) is 31.5 Å². The number of esters is 1. The molecule has 0 aliphatic rings. The van der Waals surface area contributed by atoms with Gasteiger partial charge in [0.15, 0.2) is 0 Å². The molecule has 0 saturated heterocycles. The molecule has 3 atom stereocenters. The van der Waals surface area contributed by atoms with E-state index in [9.17, 15) is 19.0 Å². The Labute approximate surface area is 440 Å². The standard InChI is InChI=1S/C61H117N2O7P/c1-7-10-13-16-19-22-25-27-29-30-31-32-34-36-39-42-45-48-51-54-61(65)70-59(52-49-46-43-40-37-24-21-18-15-12-9-3)58(57-69-71(66,67)68-56-55-63(4,5)6)62-60(64)53-50-47-44-41-38-35-33-28-26-23-20-17-14-11-8-2/h23,26-27,29,49,52,58-59H,7-22,24-25,28,30-48,50-51,53-57H2,1-6H3,(H-,62,64,66,67)/b26-23-,29-27+,52-49+. The Hall–Kier alpha value is -1.77. The third-order valence-corrected chi connectivity index (χ3v) is 14.5. The van der Waals surface area contributed by atoms with E-state index in [1.54, 1.807) is 0 Å². The van der Waals surface area contributed by atoms with Gasteiger partial charge in [0.2, 0.25) is 5.91 Å². The lowest BCUT2D eigenvalue weighted by Crippen LogP contribution is -2.47. The molecule has 0 aliphatic carbocycles. The molecule has 1 N–H and O–H groups in total. The molecular formula is C61H117N2O7P. The number of allylic oxidation sites excluding steroid dienone is 5. The van der Waals surface area contributed by atoms with Crippen LogP contribution in [0.1, 0.15) is 290 Å². The number of ether oxygens (including phenoxy) is 1. The molecule has 0 fully saturated rings. The number of carbonyl (C=O) groups excluding carboxylic acids is 2. The monoisotopic (exact) mass is 1020 g/mol. The summed E-state index contributed by atoms with van der Waals surface area (Å²) in [5.41, 5.74) is 0. The number of amides is 1. The molecule has 418 valence electrons. The Morgan fingerprint density at radius 3 is 1.21 bits per heavy atom. The second-order valence-corrected chi connectivity index (χ2v) is 23.3. The minimum Gasteiger partial charge on any atom is -0.756 e. The fourth-order valence-corrected chi connectivity index (χ4v) is 9.53. The topological polar surface area (TPSA) is 114 Å². The molecule has 1 amide bonds. The average molecular weight is 1020 g/mol. The lowest BCUT2D eigenvalue weighted by atomic mass is 10.0. The van der Waals surface area contributed by atoms with Crippen LogP contribution in [0.4, 0.5) is 0 Å². The van der Waals surface area contributed by atoms with Gasteiger partial charge < -0.3 is 28.5 Å². The molecule has 0 heterocycles. The van der Waals surface area contributed by atoms with E-state index in [1.165, 1.54) is 186 Å². The number of hydrogen-bond donors (Lipinski definition) is 1. The summed E-state index contributed by atoms with van der Waals surface area (Å²) in [4.78, 5) is 39.9. The van der Waals surface area contributed by atoms with Gasteiger partial charge in [-0.3, -0.25) is 14.2 Å². The zero-order chi connectivity index (χ0) is 52.2. The average Bonchev–Trinajstić information content (AvgIpc) is 3.33. The van der Waals surface area contributed by atoms with Gasteiger partial charge in [0, 0.05) is 12.8 Å². The third kappa shape index (κ3) is 52.9. The summed E-state index contributed by atoms with van der Waals surface area (Å²) in [6.07, 6.45) is 61.0. The maximum atomic E-state index is 13.5. The van der Waals surface area contributed by atoms with E-state index in [1.807, 2.05) is 33.3 Å². The van der Waals surface area contributed by atoms with Gasteiger partial charge in [-0.1, -0.05) is 231 Å². The Morgan fingerprint density at radius 2 is 0.817 bits per heavy atom. The van der Waals surface area contributed by atoms with Crippen molar-refractivity contribution in [3.05, 3.63) is 36.5 Å². The molecule has 0 bridgehead atoms. The highest BCUT2D eigenvalue weighted by molar-refractivity contribution is 7.45. The normalized spacial score (nSPS) is 14.0. The second kappa shape index (κ2) is 51.7. The van der Waals surface area contributed by atoms with Gasteiger partial charge in [-0.2, -0.15) is 0 Å². The van der Waals surface area contributed by atoms with Crippen LogP contribution in [0, 0.1) is 0 Å². The fourth-order valence-electron chi connectivity index (χ4n) is 8.81. The van der Waals surface area contributed by atoms with Crippen molar-refractivity contribution in [2.45, 2.75) is 303 Å². The first-order chi connectivity index (χ1) is 34.4. The Kier molecular flexibility index (Phi) is 50.4. The van der Waals surface area contributed by atoms with Crippen LogP contribution >= 0.6 is 7.82 Å². The van der Waals surface area contributed by atoms with Crippen molar-refractivity contribution in [2.24, 2.45) is 0 Å². The minimum atomic E-state index is -4.69. The molecule has 3 unspecified atom stereocenters. The highest BCUT2D eigenvalue weighted by atomic mass is 31.2. The molecule has 0 rings (SSSR count). The largest absolute Gasteiger partial charge is 0.756 e. The molecule has 0 saturated carbocycles. The first kappa shape index (κ1) is 69.2. The molecule has 0 aliphatic heterocycles. The summed E-state index contributed by atoms with van der Waals surface area (Å²) in [7, 11) is 1.19. The number of phosphoric acid groups is 1. The van der Waals surface area contributed by atoms with Crippen molar-refractivity contribution in [1.29, 1.82) is 0 Å². The smallest absolute Gasteiger partial charge is 0.306 e. The number of nitrogens with zero attached hydrogens (tertiary/aromatic N) is 1. The summed E-state index contributed by atoms with van der Waals surface area (Å²) < 4.78 is 30.3. The van der Waals surface area contributed by atoms with Gasteiger partial charge in [0.25, 0.3) is 7.82 Å². The first-order valence-electron chi connectivity index (χ1n) is 30.3. The Balaban J connectivity index is 5.23. The first-order valence-corrected chi connectivity index (χ1v) is 31.8. The van der Waals surface area contributed by atoms with Crippen LogP contribution in [0.25, 0.3) is 0 Å². The molecule has 0 aromatic rings. The van der Waals surface area contributed by atoms with Gasteiger partial charge in [0.05, 0.1) is 33.8 Å². The number of carbonyl (C=O) groups is 2. The summed E-state index contributed by atoms with van der Waals surface area (Å²) >= 11 is 0. The van der Waals surface area contributed by atoms with Gasteiger partial charge in [-0.25, -0.2) is 0 Å². The number of rotatable bonds is 55. The molecular weight excluding hydrogens is 904 g/mol. The summed E-state index contributed by atoms with van der Waals surface area (Å²) in [5, 5.41) is 3.02. The van der Waals surface area contributed by atoms with Crippen molar-refractivity contribution in [2.75, 3.05) is 40.9 Å². The second-order valence-electron chi connectivity index (χ2n) is 21.8. The Morgan fingerprint density at radius 1 is 0.479 bits per heavy atom. The fraction of sp³-hybridized carbons (Fsp3) is 0.869. The van der Waals surface area contributed by atoms with Crippen LogP contribution in [-0.4, -0.2) is 69.4 Å². The zero-order valence-corrected chi connectivity index (χ0v) is 48.6. The summed E-state index contributed by atoms with van der Waals surface area (Å²) in [6, 6.07) is -0.887. The predicted molar refractivity (Wildman–Crippen MR) is 303 cm³/mol. The maximum absolute atomic E-state index is 13.5. The van der Waals surface area contributed by atoms with Crippen molar-refractivity contribution >= 4 is 19.7 Å². The van der Waals surface area contributed by atoms with Crippen molar-refractivity contribution < 1.29 is 37.3 Å². The van der Waals surface area contributed by atoms with Gasteiger partial charge in [-0.05, 0) is 83.1 Å². The highest BCUT2D eigenvalue weighted by Gasteiger charge is 2.27. The third-order valence-electron chi connectivity index (χ3n) is 13.5. The summed E-state index contributed by atoms with van der Waals surface area (Å²) in [6.45, 7) is 6.84. The van der Waals surface area contributed by atoms with Crippen LogP contribution in [0.15, 0.2) is 36.5 Å². The summed E-state index contributed by atoms with van der Waals surface area (Å²) in [5.74, 6) is -0.540. The molecule has 9 nitrogen and oxygen atoms in total. The number of quaternary nitrogens is 1. The highest BCUT2D eigenvalue weighted by Crippen LogP contribution is 2.38. The van der Waals surface area contributed by atoms with Gasteiger partial charge in [-0.15, -0.1) is 0 Å². The lowest BCUT2D eigenvalue weighted by Gasteiger charge is -2.30. The maximum Gasteiger partial charge on any atom is 0.306 e. The Bertz CT molecular complexity index is 1310. The van der Waals surface area contributed by atoms with E-state index >= 15 is 0 Å². The number of hydrogen-bond acceptors (Lipinski definition) is 7. The lowest BCUT2D eigenvalue weighted by molar-refractivity contribution is -0.870. The van der Waals surface area contributed by atoms with E-state index in [4.69, 9.17) is 13.8 Å². The molecule has 0 spiro atoms. The van der Waals surface area contributed by atoms with E-state index in [0.29, 0.717) is 17.4 Å². The van der Waals surface area contributed by atoms with Crippen molar-refractivity contribution in [3.8, 4) is 0 Å². The van der Waals surface area contributed by atoms with Gasteiger partial charge in [0.1, 0.15) is 19.3 Å². The van der Waals surface area contributed by atoms with Crippen LogP contribution < -0.4 is 10.2 Å². The quantitative estimate of drug-likeness (QED) is 0.0212.